The zero-order valence-electron chi connectivity index (χ0n) is 14.1. The first-order valence-electron chi connectivity index (χ1n) is 7.93. The first-order chi connectivity index (χ1) is 12.9. The van der Waals surface area contributed by atoms with Crippen molar-refractivity contribution in [2.75, 3.05) is 0 Å². The molecule has 1 atom stereocenters. The maximum absolute atomic E-state index is 12.3. The van der Waals surface area contributed by atoms with Gasteiger partial charge < -0.3 is 10.1 Å². The van der Waals surface area contributed by atoms with E-state index < -0.39 is 6.61 Å². The first-order valence-corrected chi connectivity index (χ1v) is 10.5. The number of carbonyl (C=O) groups is 1. The molecule has 9 heteroatoms. The van der Waals surface area contributed by atoms with Crippen LogP contribution in [0, 0.1) is 0 Å². The van der Waals surface area contributed by atoms with Crippen LogP contribution in [0.25, 0.3) is 9.88 Å². The monoisotopic (exact) mass is 472 g/mol. The van der Waals surface area contributed by atoms with Crippen LogP contribution in [0.15, 0.2) is 45.6 Å². The lowest BCUT2D eigenvalue weighted by Crippen LogP contribution is -2.28. The van der Waals surface area contributed by atoms with Gasteiger partial charge in [0.2, 0.25) is 5.91 Å². The minimum Gasteiger partial charge on any atom is -0.435 e. The summed E-state index contributed by atoms with van der Waals surface area (Å²) in [5.41, 5.74) is 1.51. The molecule has 2 heterocycles. The second-order valence-corrected chi connectivity index (χ2v) is 8.37. The summed E-state index contributed by atoms with van der Waals surface area (Å²) in [5, 5.41) is 7.64. The molecule has 0 aliphatic carbocycles. The van der Waals surface area contributed by atoms with Gasteiger partial charge in [-0.05, 0) is 46.6 Å². The van der Waals surface area contributed by atoms with Gasteiger partial charge in [-0.15, -0.1) is 22.7 Å². The van der Waals surface area contributed by atoms with E-state index in [0.29, 0.717) is 5.69 Å². The number of alkyl halides is 2. The largest absolute Gasteiger partial charge is 0.435 e. The van der Waals surface area contributed by atoms with Crippen LogP contribution in [-0.2, 0) is 11.2 Å². The molecule has 0 bridgehead atoms. The molecule has 0 aliphatic rings. The van der Waals surface area contributed by atoms with Gasteiger partial charge in [0, 0.05) is 15.2 Å². The summed E-state index contributed by atoms with van der Waals surface area (Å²) >= 11 is 6.51. The summed E-state index contributed by atoms with van der Waals surface area (Å²) in [6.45, 7) is -1.03. The Kier molecular flexibility index (Phi) is 6.56. The minimum atomic E-state index is -2.86. The zero-order chi connectivity index (χ0) is 19.4. The molecule has 0 saturated carbocycles. The van der Waals surface area contributed by atoms with Crippen LogP contribution in [0.4, 0.5) is 8.78 Å². The van der Waals surface area contributed by atoms with Gasteiger partial charge in [-0.3, -0.25) is 4.79 Å². The fourth-order valence-electron chi connectivity index (χ4n) is 2.40. The Bertz CT molecular complexity index is 912. The van der Waals surface area contributed by atoms with E-state index in [9.17, 15) is 13.6 Å². The highest BCUT2D eigenvalue weighted by Crippen LogP contribution is 2.32. The number of nitrogens with zero attached hydrogens (tertiary/aromatic N) is 1. The van der Waals surface area contributed by atoms with Crippen molar-refractivity contribution in [3.63, 3.8) is 0 Å². The molecule has 1 amide bonds. The maximum Gasteiger partial charge on any atom is 0.387 e. The Morgan fingerprint density at radius 2 is 2.00 bits per heavy atom. The van der Waals surface area contributed by atoms with Crippen molar-refractivity contribution < 1.29 is 18.3 Å². The normalized spacial score (nSPS) is 12.2. The number of nitrogens with one attached hydrogen (secondary N) is 1. The summed E-state index contributed by atoms with van der Waals surface area (Å²) in [7, 11) is 0. The lowest BCUT2D eigenvalue weighted by atomic mass is 10.1. The highest BCUT2D eigenvalue weighted by molar-refractivity contribution is 9.10. The second kappa shape index (κ2) is 8.90. The number of halogens is 3. The van der Waals surface area contributed by atoms with Gasteiger partial charge in [-0.2, -0.15) is 8.78 Å². The molecule has 0 radical (unpaired) electrons. The Labute approximate surface area is 171 Å². The fraction of sp³-hybridized carbons (Fsp3) is 0.222. The number of hydrogen-bond acceptors (Lipinski definition) is 5. The van der Waals surface area contributed by atoms with Crippen molar-refractivity contribution in [2.45, 2.75) is 26.0 Å². The number of thiophene rings is 1. The molecule has 3 aromatic rings. The van der Waals surface area contributed by atoms with Crippen molar-refractivity contribution in [3.05, 3.63) is 56.8 Å². The molecule has 3 rings (SSSR count). The van der Waals surface area contributed by atoms with E-state index in [1.54, 1.807) is 23.5 Å². The van der Waals surface area contributed by atoms with Crippen molar-refractivity contribution >= 4 is 44.5 Å². The third kappa shape index (κ3) is 5.57. The number of aromatic nitrogens is 1. The molecule has 2 aromatic heterocycles. The molecule has 0 fully saturated rings. The SMILES string of the molecule is CC(NC(=O)Cc1csc(-c2cc(Br)cs2)n1)c1ccc(OC(F)F)cc1. The lowest BCUT2D eigenvalue weighted by Gasteiger charge is -2.14. The smallest absolute Gasteiger partial charge is 0.387 e. The van der Waals surface area contributed by atoms with Crippen molar-refractivity contribution in [1.29, 1.82) is 0 Å². The summed E-state index contributed by atoms with van der Waals surface area (Å²) in [6.07, 6.45) is 0.181. The molecular formula is C18H15BrF2N2O2S2. The van der Waals surface area contributed by atoms with Crippen LogP contribution in [0.1, 0.15) is 24.2 Å². The standard InChI is InChI=1S/C18H15BrF2N2O2S2/c1-10(11-2-4-14(5-3-11)25-18(20)21)22-16(24)7-13-9-27-17(23-13)15-6-12(19)8-26-15/h2-6,8-10,18H,7H2,1H3,(H,22,24). The van der Waals surface area contributed by atoms with Crippen LogP contribution in [0.3, 0.4) is 0 Å². The van der Waals surface area contributed by atoms with Gasteiger partial charge >= 0.3 is 6.61 Å². The van der Waals surface area contributed by atoms with Crippen LogP contribution in [0.2, 0.25) is 0 Å². The van der Waals surface area contributed by atoms with Crippen molar-refractivity contribution in [3.8, 4) is 15.6 Å². The number of amides is 1. The number of benzene rings is 1. The van der Waals surface area contributed by atoms with Gasteiger partial charge in [0.05, 0.1) is 23.0 Å². The summed E-state index contributed by atoms with van der Waals surface area (Å²) in [6, 6.07) is 7.95. The second-order valence-electron chi connectivity index (χ2n) is 5.69. The van der Waals surface area contributed by atoms with Gasteiger partial charge in [-0.1, -0.05) is 12.1 Å². The predicted octanol–water partition coefficient (Wildman–Crippen LogP) is 5.66. The zero-order valence-corrected chi connectivity index (χ0v) is 17.3. The predicted molar refractivity (Wildman–Crippen MR) is 106 cm³/mol. The van der Waals surface area contributed by atoms with E-state index in [1.807, 2.05) is 23.8 Å². The number of ether oxygens (including phenoxy) is 1. The van der Waals surface area contributed by atoms with Crippen molar-refractivity contribution in [2.24, 2.45) is 0 Å². The summed E-state index contributed by atoms with van der Waals surface area (Å²) < 4.78 is 29.7. The first kappa shape index (κ1) is 19.9. The van der Waals surface area contributed by atoms with Crippen LogP contribution >= 0.6 is 38.6 Å². The maximum atomic E-state index is 12.3. The molecule has 0 saturated heterocycles. The molecule has 1 N–H and O–H groups in total. The van der Waals surface area contributed by atoms with E-state index in [-0.39, 0.29) is 24.1 Å². The minimum absolute atomic E-state index is 0.0856. The summed E-state index contributed by atoms with van der Waals surface area (Å²) in [4.78, 5) is 17.8. The molecular weight excluding hydrogens is 458 g/mol. The number of thiazole rings is 1. The lowest BCUT2D eigenvalue weighted by molar-refractivity contribution is -0.121. The number of hydrogen-bond donors (Lipinski definition) is 1. The molecule has 1 unspecified atom stereocenters. The van der Waals surface area contributed by atoms with Crippen molar-refractivity contribution in [1.82, 2.24) is 10.3 Å². The topological polar surface area (TPSA) is 51.2 Å². The van der Waals surface area contributed by atoms with E-state index in [2.05, 4.69) is 31.0 Å². The molecule has 0 aliphatic heterocycles. The van der Waals surface area contributed by atoms with Crippen LogP contribution in [-0.4, -0.2) is 17.5 Å². The average Bonchev–Trinajstić information content (AvgIpc) is 3.23. The average molecular weight is 473 g/mol. The number of carbonyl (C=O) groups excluding carboxylic acids is 1. The van der Waals surface area contributed by atoms with Gasteiger partial charge in [0.15, 0.2) is 0 Å². The van der Waals surface area contributed by atoms with E-state index in [1.165, 1.54) is 23.5 Å². The van der Waals surface area contributed by atoms with Crippen LogP contribution in [0.5, 0.6) is 5.75 Å². The molecule has 0 spiro atoms. The fourth-order valence-corrected chi connectivity index (χ4v) is 4.73. The van der Waals surface area contributed by atoms with E-state index in [0.717, 1.165) is 19.9 Å². The molecule has 27 heavy (non-hydrogen) atoms. The van der Waals surface area contributed by atoms with Gasteiger partial charge in [0.1, 0.15) is 10.8 Å². The van der Waals surface area contributed by atoms with Gasteiger partial charge in [-0.25, -0.2) is 4.98 Å². The third-order valence-corrected chi connectivity index (χ3v) is 6.41. The van der Waals surface area contributed by atoms with E-state index in [4.69, 9.17) is 0 Å². The Balaban J connectivity index is 1.56. The number of rotatable bonds is 7. The highest BCUT2D eigenvalue weighted by atomic mass is 79.9. The molecule has 1 aromatic carbocycles. The Morgan fingerprint density at radius 3 is 2.63 bits per heavy atom. The Hall–Kier alpha value is -1.84. The molecule has 4 nitrogen and oxygen atoms in total. The van der Waals surface area contributed by atoms with E-state index >= 15 is 0 Å². The van der Waals surface area contributed by atoms with Crippen LogP contribution < -0.4 is 10.1 Å². The quantitative estimate of drug-likeness (QED) is 0.482. The summed E-state index contributed by atoms with van der Waals surface area (Å²) in [5.74, 6) is -0.0675. The highest BCUT2D eigenvalue weighted by Gasteiger charge is 2.14. The van der Waals surface area contributed by atoms with Gasteiger partial charge in [0.25, 0.3) is 0 Å². The Morgan fingerprint density at radius 1 is 1.26 bits per heavy atom. The third-order valence-electron chi connectivity index (χ3n) is 3.65. The molecule has 142 valence electrons.